The highest BCUT2D eigenvalue weighted by Gasteiger charge is 2.19. The molecule has 0 heterocycles. The highest BCUT2D eigenvalue weighted by atomic mass is 35.5. The SMILES string of the molecule is Cc1ccc(C)c(C(Cl)CC2CCCCC2)c1. The molecule has 1 atom stereocenters. The van der Waals surface area contributed by atoms with Crippen molar-refractivity contribution in [2.24, 2.45) is 5.92 Å². The van der Waals surface area contributed by atoms with Crippen LogP contribution >= 0.6 is 11.6 Å². The van der Waals surface area contributed by atoms with Gasteiger partial charge in [-0.1, -0.05) is 55.9 Å². The summed E-state index contributed by atoms with van der Waals surface area (Å²) in [5.41, 5.74) is 4.00. The predicted molar refractivity (Wildman–Crippen MR) is 75.7 cm³/mol. The standard InChI is InChI=1S/C16H23Cl/c1-12-8-9-13(2)15(10-12)16(17)11-14-6-4-3-5-7-14/h8-10,14,16H,3-7,11H2,1-2H3. The molecule has 0 aromatic heterocycles. The van der Waals surface area contributed by atoms with Gasteiger partial charge in [-0.15, -0.1) is 11.6 Å². The lowest BCUT2D eigenvalue weighted by Gasteiger charge is -2.24. The molecule has 17 heavy (non-hydrogen) atoms. The summed E-state index contributed by atoms with van der Waals surface area (Å²) in [5.74, 6) is 0.853. The van der Waals surface area contributed by atoms with Crippen molar-refractivity contribution in [1.82, 2.24) is 0 Å². The summed E-state index contributed by atoms with van der Waals surface area (Å²) < 4.78 is 0. The molecule has 1 saturated carbocycles. The second kappa shape index (κ2) is 5.91. The molecule has 0 bridgehead atoms. The lowest BCUT2D eigenvalue weighted by atomic mass is 9.84. The molecule has 1 aromatic rings. The maximum Gasteiger partial charge on any atom is 0.0590 e. The van der Waals surface area contributed by atoms with Gasteiger partial charge in [-0.25, -0.2) is 0 Å². The Kier molecular flexibility index (Phi) is 4.50. The third-order valence-electron chi connectivity index (χ3n) is 4.04. The minimum Gasteiger partial charge on any atom is -0.118 e. The van der Waals surface area contributed by atoms with Crippen LogP contribution in [0.3, 0.4) is 0 Å². The Balaban J connectivity index is 2.02. The molecule has 1 aromatic carbocycles. The number of hydrogen-bond donors (Lipinski definition) is 0. The second-order valence-electron chi connectivity index (χ2n) is 5.57. The fraction of sp³-hybridized carbons (Fsp3) is 0.625. The number of rotatable bonds is 3. The highest BCUT2D eigenvalue weighted by molar-refractivity contribution is 6.20. The normalized spacial score (nSPS) is 19.2. The van der Waals surface area contributed by atoms with Crippen LogP contribution in [0, 0.1) is 19.8 Å². The first-order valence-electron chi connectivity index (χ1n) is 6.88. The van der Waals surface area contributed by atoms with Gasteiger partial charge in [0.1, 0.15) is 0 Å². The molecule has 0 aliphatic heterocycles. The van der Waals surface area contributed by atoms with Crippen molar-refractivity contribution in [1.29, 1.82) is 0 Å². The van der Waals surface area contributed by atoms with Gasteiger partial charge in [0.2, 0.25) is 0 Å². The van der Waals surface area contributed by atoms with Crippen LogP contribution in [0.1, 0.15) is 60.6 Å². The highest BCUT2D eigenvalue weighted by Crippen LogP contribution is 2.36. The molecule has 0 N–H and O–H groups in total. The van der Waals surface area contributed by atoms with Crippen molar-refractivity contribution in [2.45, 2.75) is 57.7 Å². The van der Waals surface area contributed by atoms with Crippen LogP contribution in [0.4, 0.5) is 0 Å². The third kappa shape index (κ3) is 3.48. The number of aryl methyl sites for hydroxylation is 2. The average Bonchev–Trinajstić information content (AvgIpc) is 2.33. The Hall–Kier alpha value is -0.490. The first-order chi connectivity index (χ1) is 8.16. The summed E-state index contributed by atoms with van der Waals surface area (Å²) in [6.45, 7) is 4.32. The monoisotopic (exact) mass is 250 g/mol. The fourth-order valence-corrected chi connectivity index (χ4v) is 3.43. The van der Waals surface area contributed by atoms with Gasteiger partial charge in [-0.2, -0.15) is 0 Å². The first-order valence-corrected chi connectivity index (χ1v) is 7.31. The van der Waals surface area contributed by atoms with Crippen molar-refractivity contribution in [3.05, 3.63) is 34.9 Å². The fourth-order valence-electron chi connectivity index (χ4n) is 2.94. The number of halogens is 1. The first kappa shape index (κ1) is 13.0. The number of hydrogen-bond acceptors (Lipinski definition) is 0. The number of benzene rings is 1. The van der Waals surface area contributed by atoms with Crippen LogP contribution in [0.2, 0.25) is 0 Å². The van der Waals surface area contributed by atoms with E-state index < -0.39 is 0 Å². The van der Waals surface area contributed by atoms with Gasteiger partial charge in [0, 0.05) is 0 Å². The van der Waals surface area contributed by atoms with E-state index in [1.165, 1.54) is 48.8 Å². The van der Waals surface area contributed by atoms with Gasteiger partial charge in [0.05, 0.1) is 5.38 Å². The van der Waals surface area contributed by atoms with Gasteiger partial charge < -0.3 is 0 Å². The molecule has 2 rings (SSSR count). The van der Waals surface area contributed by atoms with Crippen LogP contribution in [-0.2, 0) is 0 Å². The molecule has 0 saturated heterocycles. The lowest BCUT2D eigenvalue weighted by Crippen LogP contribution is -2.09. The minimum absolute atomic E-state index is 0.206. The number of alkyl halides is 1. The predicted octanol–water partition coefficient (Wildman–Crippen LogP) is 5.55. The second-order valence-corrected chi connectivity index (χ2v) is 6.09. The topological polar surface area (TPSA) is 0 Å². The molecular weight excluding hydrogens is 228 g/mol. The maximum atomic E-state index is 6.62. The Morgan fingerprint density at radius 1 is 1.18 bits per heavy atom. The molecule has 1 unspecified atom stereocenters. The van der Waals surface area contributed by atoms with Crippen molar-refractivity contribution in [3.8, 4) is 0 Å². The Labute approximate surface area is 110 Å². The van der Waals surface area contributed by atoms with Crippen LogP contribution in [0.5, 0.6) is 0 Å². The minimum atomic E-state index is 0.206. The van der Waals surface area contributed by atoms with Crippen LogP contribution in [0.25, 0.3) is 0 Å². The van der Waals surface area contributed by atoms with Crippen molar-refractivity contribution in [2.75, 3.05) is 0 Å². The Morgan fingerprint density at radius 3 is 2.59 bits per heavy atom. The average molecular weight is 251 g/mol. The molecule has 0 radical (unpaired) electrons. The van der Waals surface area contributed by atoms with E-state index in [9.17, 15) is 0 Å². The molecule has 1 fully saturated rings. The summed E-state index contributed by atoms with van der Waals surface area (Å²) in [7, 11) is 0. The van der Waals surface area contributed by atoms with E-state index in [0.717, 1.165) is 12.3 Å². The zero-order chi connectivity index (χ0) is 12.3. The Bertz CT molecular complexity index is 364. The molecule has 0 spiro atoms. The summed E-state index contributed by atoms with van der Waals surface area (Å²) in [6.07, 6.45) is 8.16. The van der Waals surface area contributed by atoms with E-state index in [1.807, 2.05) is 0 Å². The molecule has 0 amide bonds. The molecule has 1 aliphatic carbocycles. The summed E-state index contributed by atoms with van der Waals surface area (Å²) in [5, 5.41) is 0.206. The van der Waals surface area contributed by atoms with Crippen molar-refractivity contribution < 1.29 is 0 Å². The molecule has 94 valence electrons. The van der Waals surface area contributed by atoms with E-state index >= 15 is 0 Å². The van der Waals surface area contributed by atoms with Gasteiger partial charge in [0.15, 0.2) is 0 Å². The van der Waals surface area contributed by atoms with E-state index in [2.05, 4.69) is 32.0 Å². The van der Waals surface area contributed by atoms with Crippen molar-refractivity contribution >= 4 is 11.6 Å². The van der Waals surface area contributed by atoms with E-state index in [-0.39, 0.29) is 5.38 Å². The Morgan fingerprint density at radius 2 is 1.88 bits per heavy atom. The van der Waals surface area contributed by atoms with E-state index in [1.54, 1.807) is 0 Å². The smallest absolute Gasteiger partial charge is 0.0590 e. The third-order valence-corrected chi connectivity index (χ3v) is 4.45. The summed E-state index contributed by atoms with van der Waals surface area (Å²) >= 11 is 6.62. The zero-order valence-electron chi connectivity index (χ0n) is 11.0. The van der Waals surface area contributed by atoms with E-state index in [0.29, 0.717) is 0 Å². The molecule has 0 nitrogen and oxygen atoms in total. The zero-order valence-corrected chi connectivity index (χ0v) is 11.8. The lowest BCUT2D eigenvalue weighted by molar-refractivity contribution is 0.336. The van der Waals surface area contributed by atoms with Gasteiger partial charge in [0.25, 0.3) is 0 Å². The van der Waals surface area contributed by atoms with Crippen LogP contribution in [0.15, 0.2) is 18.2 Å². The molecule has 1 aliphatic rings. The van der Waals surface area contributed by atoms with Crippen LogP contribution in [-0.4, -0.2) is 0 Å². The molecular formula is C16H23Cl. The van der Waals surface area contributed by atoms with Gasteiger partial charge in [-0.3, -0.25) is 0 Å². The summed E-state index contributed by atoms with van der Waals surface area (Å²) in [6, 6.07) is 6.62. The van der Waals surface area contributed by atoms with Gasteiger partial charge >= 0.3 is 0 Å². The van der Waals surface area contributed by atoms with E-state index in [4.69, 9.17) is 11.6 Å². The van der Waals surface area contributed by atoms with Crippen molar-refractivity contribution in [3.63, 3.8) is 0 Å². The van der Waals surface area contributed by atoms with Crippen LogP contribution < -0.4 is 0 Å². The largest absolute Gasteiger partial charge is 0.118 e. The summed E-state index contributed by atoms with van der Waals surface area (Å²) in [4.78, 5) is 0. The maximum absolute atomic E-state index is 6.62. The molecule has 1 heteroatoms. The van der Waals surface area contributed by atoms with Gasteiger partial charge in [-0.05, 0) is 37.3 Å². The quantitative estimate of drug-likeness (QED) is 0.617.